The van der Waals surface area contributed by atoms with Gasteiger partial charge in [-0.15, -0.1) is 0 Å². The molecule has 0 spiro atoms. The third-order valence-electron chi connectivity index (χ3n) is 1.27. The first kappa shape index (κ1) is 7.29. The van der Waals surface area contributed by atoms with E-state index < -0.39 is 5.97 Å². The van der Waals surface area contributed by atoms with Gasteiger partial charge >= 0.3 is 5.97 Å². The summed E-state index contributed by atoms with van der Waals surface area (Å²) < 4.78 is 0. The fourth-order valence-corrected chi connectivity index (χ4v) is 0.759. The highest BCUT2D eigenvalue weighted by Crippen LogP contribution is 2.06. The van der Waals surface area contributed by atoms with Crippen LogP contribution in [0.4, 0.5) is 0 Å². The smallest absolute Gasteiger partial charge is 0.241 e. The molecule has 0 N–H and O–H groups in total. The maximum absolute atomic E-state index is 10.3. The van der Waals surface area contributed by atoms with Gasteiger partial charge in [-0.05, 0) is 12.1 Å². The highest BCUT2D eigenvalue weighted by Gasteiger charge is 2.08. The van der Waals surface area contributed by atoms with Gasteiger partial charge in [0.15, 0.2) is 0 Å². The minimum atomic E-state index is -1.32. The predicted octanol–water partition coefficient (Wildman–Crippen LogP) is 1.13. The summed E-state index contributed by atoms with van der Waals surface area (Å²) in [5.74, 6) is -1.32. The third kappa shape index (κ3) is 1.36. The molecular weight excluding hydrogens is 142 g/mol. The van der Waals surface area contributed by atoms with Gasteiger partial charge in [0.25, 0.3) is 0 Å². The summed E-state index contributed by atoms with van der Waals surface area (Å²) >= 11 is 0. The third-order valence-corrected chi connectivity index (χ3v) is 1.27. The molecule has 0 fully saturated rings. The van der Waals surface area contributed by atoms with Gasteiger partial charge in [0.05, 0.1) is 11.1 Å². The van der Waals surface area contributed by atoms with E-state index in [0.717, 1.165) is 0 Å². The number of carbonyl (C=O) groups excluding carboxylic acids is 1. The van der Waals surface area contributed by atoms with Crippen LogP contribution in [0.15, 0.2) is 24.3 Å². The summed E-state index contributed by atoms with van der Waals surface area (Å²) in [5.41, 5.74) is 0.0718. The lowest BCUT2D eigenvalue weighted by molar-refractivity contribution is 0.0573. The second-order valence-electron chi connectivity index (χ2n) is 1.94. The molecule has 1 rings (SSSR count). The monoisotopic (exact) mass is 146 g/mol. The Bertz CT molecular complexity index is 325. The highest BCUT2D eigenvalue weighted by atomic mass is 16.4. The summed E-state index contributed by atoms with van der Waals surface area (Å²) in [6.07, 6.45) is 0. The Hall–Kier alpha value is -1.82. The maximum Gasteiger partial charge on any atom is 0.387 e. The maximum atomic E-state index is 10.3. The van der Waals surface area contributed by atoms with Gasteiger partial charge in [-0.25, -0.2) is 9.90 Å². The van der Waals surface area contributed by atoms with Gasteiger partial charge in [0.1, 0.15) is 6.07 Å². The Morgan fingerprint density at radius 2 is 2.00 bits per heavy atom. The van der Waals surface area contributed by atoms with Crippen LogP contribution >= 0.6 is 0 Å². The lowest BCUT2D eigenvalue weighted by atomic mass is 10.1. The van der Waals surface area contributed by atoms with Crippen LogP contribution in [-0.2, 0) is 5.11 Å². The van der Waals surface area contributed by atoms with Crippen molar-refractivity contribution < 1.29 is 9.90 Å². The SMILES string of the molecule is N#Cc1ccccc1C([O])=O. The fourth-order valence-electron chi connectivity index (χ4n) is 0.759. The van der Waals surface area contributed by atoms with Crippen LogP contribution < -0.4 is 0 Å². The molecule has 0 aromatic heterocycles. The van der Waals surface area contributed by atoms with E-state index in [-0.39, 0.29) is 11.1 Å². The van der Waals surface area contributed by atoms with Crippen LogP contribution in [0.5, 0.6) is 0 Å². The quantitative estimate of drug-likeness (QED) is 0.596. The Kier molecular flexibility index (Phi) is 1.88. The number of nitriles is 1. The van der Waals surface area contributed by atoms with Crippen LogP contribution in [-0.4, -0.2) is 5.97 Å². The Morgan fingerprint density at radius 1 is 1.36 bits per heavy atom. The predicted molar refractivity (Wildman–Crippen MR) is 36.2 cm³/mol. The number of nitrogens with zero attached hydrogens (tertiary/aromatic N) is 1. The highest BCUT2D eigenvalue weighted by molar-refractivity contribution is 5.90. The molecule has 0 heterocycles. The zero-order valence-electron chi connectivity index (χ0n) is 5.57. The molecule has 0 bridgehead atoms. The van der Waals surface area contributed by atoms with Crippen molar-refractivity contribution in [3.63, 3.8) is 0 Å². The molecule has 1 aromatic carbocycles. The Balaban J connectivity index is 3.26. The molecule has 3 nitrogen and oxygen atoms in total. The molecule has 1 aromatic rings. The molecular formula is C8H4NO2. The second kappa shape index (κ2) is 2.84. The summed E-state index contributed by atoms with van der Waals surface area (Å²) in [5, 5.41) is 18.7. The Labute approximate surface area is 63.5 Å². The summed E-state index contributed by atoms with van der Waals surface area (Å²) in [6.45, 7) is 0. The number of carbonyl (C=O) groups is 1. The van der Waals surface area contributed by atoms with Crippen LogP contribution in [0.25, 0.3) is 0 Å². The number of benzene rings is 1. The van der Waals surface area contributed by atoms with E-state index >= 15 is 0 Å². The number of rotatable bonds is 1. The molecule has 0 unspecified atom stereocenters. The molecule has 0 saturated carbocycles. The van der Waals surface area contributed by atoms with Crippen molar-refractivity contribution in [1.82, 2.24) is 0 Å². The van der Waals surface area contributed by atoms with Crippen LogP contribution in [0, 0.1) is 11.3 Å². The summed E-state index contributed by atoms with van der Waals surface area (Å²) in [6, 6.07) is 7.68. The van der Waals surface area contributed by atoms with Crippen molar-refractivity contribution in [2.45, 2.75) is 0 Å². The topological polar surface area (TPSA) is 60.8 Å². The fraction of sp³-hybridized carbons (Fsp3) is 0. The minimum absolute atomic E-state index is 0.0602. The number of hydrogen-bond acceptors (Lipinski definition) is 2. The van der Waals surface area contributed by atoms with Gasteiger partial charge in [-0.1, -0.05) is 12.1 Å². The van der Waals surface area contributed by atoms with E-state index in [1.54, 1.807) is 18.2 Å². The zero-order valence-corrected chi connectivity index (χ0v) is 5.57. The second-order valence-corrected chi connectivity index (χ2v) is 1.94. The lowest BCUT2D eigenvalue weighted by Gasteiger charge is -1.92. The van der Waals surface area contributed by atoms with Crippen molar-refractivity contribution in [2.24, 2.45) is 0 Å². The van der Waals surface area contributed by atoms with E-state index in [1.165, 1.54) is 12.1 Å². The standard InChI is InChI=1S/C8H4NO2/c9-5-6-3-1-2-4-7(6)8(10)11/h1-4H. The average molecular weight is 146 g/mol. The summed E-state index contributed by atoms with van der Waals surface area (Å²) in [4.78, 5) is 10.3. The van der Waals surface area contributed by atoms with Crippen molar-refractivity contribution in [1.29, 1.82) is 5.26 Å². The molecule has 53 valence electrons. The molecule has 3 heteroatoms. The van der Waals surface area contributed by atoms with E-state index in [4.69, 9.17) is 5.26 Å². The van der Waals surface area contributed by atoms with E-state index in [1.807, 2.05) is 0 Å². The molecule has 0 aliphatic rings. The first-order valence-electron chi connectivity index (χ1n) is 2.96. The van der Waals surface area contributed by atoms with Crippen LogP contribution in [0.3, 0.4) is 0 Å². The van der Waals surface area contributed by atoms with E-state index in [2.05, 4.69) is 0 Å². The molecule has 0 aliphatic carbocycles. The van der Waals surface area contributed by atoms with E-state index in [0.29, 0.717) is 0 Å². The Morgan fingerprint density at radius 3 is 2.45 bits per heavy atom. The first-order chi connectivity index (χ1) is 5.25. The van der Waals surface area contributed by atoms with Gasteiger partial charge in [-0.2, -0.15) is 5.26 Å². The van der Waals surface area contributed by atoms with Crippen molar-refractivity contribution >= 4 is 5.97 Å². The lowest BCUT2D eigenvalue weighted by Crippen LogP contribution is -1.97. The van der Waals surface area contributed by atoms with Gasteiger partial charge in [-0.3, -0.25) is 0 Å². The summed E-state index contributed by atoms with van der Waals surface area (Å²) in [7, 11) is 0. The normalized spacial score (nSPS) is 8.64. The van der Waals surface area contributed by atoms with Crippen molar-refractivity contribution in [3.8, 4) is 6.07 Å². The first-order valence-corrected chi connectivity index (χ1v) is 2.96. The molecule has 0 aliphatic heterocycles. The van der Waals surface area contributed by atoms with Crippen LogP contribution in [0.2, 0.25) is 0 Å². The van der Waals surface area contributed by atoms with Gasteiger partial charge < -0.3 is 0 Å². The van der Waals surface area contributed by atoms with Crippen LogP contribution in [0.1, 0.15) is 15.9 Å². The molecule has 0 saturated heterocycles. The average Bonchev–Trinajstić information content (AvgIpc) is 2.04. The zero-order chi connectivity index (χ0) is 8.27. The molecule has 0 amide bonds. The molecule has 0 atom stereocenters. The van der Waals surface area contributed by atoms with Crippen molar-refractivity contribution in [2.75, 3.05) is 0 Å². The van der Waals surface area contributed by atoms with Gasteiger partial charge in [0, 0.05) is 0 Å². The van der Waals surface area contributed by atoms with Gasteiger partial charge in [0.2, 0.25) is 0 Å². The molecule has 1 radical (unpaired) electrons. The number of hydrogen-bond donors (Lipinski definition) is 0. The minimum Gasteiger partial charge on any atom is -0.241 e. The molecule has 11 heavy (non-hydrogen) atoms. The van der Waals surface area contributed by atoms with E-state index in [9.17, 15) is 9.90 Å². The van der Waals surface area contributed by atoms with Crippen molar-refractivity contribution in [3.05, 3.63) is 35.4 Å². The largest absolute Gasteiger partial charge is 0.387 e.